The minimum absolute atomic E-state index is 0.153. The van der Waals surface area contributed by atoms with Crippen LogP contribution in [0.15, 0.2) is 57.7 Å². The maximum Gasteiger partial charge on any atom is 0.418 e. The molecule has 0 aliphatic rings. The summed E-state index contributed by atoms with van der Waals surface area (Å²) < 4.78 is 50.1. The summed E-state index contributed by atoms with van der Waals surface area (Å²) in [5, 5.41) is 10.4. The zero-order valence-corrected chi connectivity index (χ0v) is 13.0. The van der Waals surface area contributed by atoms with Crippen LogP contribution in [0.5, 0.6) is 5.75 Å². The standard InChI is InChI=1S/C18H11F3O5/c19-18(20,21)15-12-7-6-11(25-9-10-4-2-1-3-5-10)8-13(12)26-17(24)14(15)16(22)23/h1-8H,9H2,(H,22,23)/p-1. The number of carbonyl (C=O) groups is 1. The van der Waals surface area contributed by atoms with E-state index < -0.39 is 39.9 Å². The number of carboxylic acids is 1. The highest BCUT2D eigenvalue weighted by atomic mass is 19.4. The quantitative estimate of drug-likeness (QED) is 0.666. The summed E-state index contributed by atoms with van der Waals surface area (Å²) in [6.07, 6.45) is -5.07. The molecule has 0 bridgehead atoms. The van der Waals surface area contributed by atoms with Crippen LogP contribution in [0.1, 0.15) is 21.5 Å². The number of ether oxygens (including phenoxy) is 1. The van der Waals surface area contributed by atoms with Crippen LogP contribution in [-0.2, 0) is 12.8 Å². The van der Waals surface area contributed by atoms with Crippen molar-refractivity contribution in [1.29, 1.82) is 0 Å². The number of rotatable bonds is 4. The first-order valence-electron chi connectivity index (χ1n) is 7.33. The highest BCUT2D eigenvalue weighted by molar-refractivity contribution is 5.94. The number of carbonyl (C=O) groups excluding carboxylic acids is 1. The second-order valence-corrected chi connectivity index (χ2v) is 5.36. The van der Waals surface area contributed by atoms with E-state index in [2.05, 4.69) is 0 Å². The predicted octanol–water partition coefficient (Wildman–Crippen LogP) is 2.75. The molecule has 0 N–H and O–H groups in total. The molecule has 0 saturated carbocycles. The van der Waals surface area contributed by atoms with Crippen molar-refractivity contribution in [1.82, 2.24) is 0 Å². The fourth-order valence-electron chi connectivity index (χ4n) is 2.49. The molecule has 0 aliphatic heterocycles. The summed E-state index contributed by atoms with van der Waals surface area (Å²) in [5.41, 5.74) is -4.39. The van der Waals surface area contributed by atoms with E-state index in [1.54, 1.807) is 24.3 Å². The number of halogens is 3. The van der Waals surface area contributed by atoms with E-state index in [-0.39, 0.29) is 12.4 Å². The van der Waals surface area contributed by atoms with Crippen LogP contribution in [0.4, 0.5) is 13.2 Å². The molecule has 0 fully saturated rings. The Morgan fingerprint density at radius 1 is 1.12 bits per heavy atom. The van der Waals surface area contributed by atoms with Gasteiger partial charge in [0.15, 0.2) is 0 Å². The minimum atomic E-state index is -5.07. The molecule has 1 heterocycles. The van der Waals surface area contributed by atoms with Crippen LogP contribution < -0.4 is 15.5 Å². The number of fused-ring (bicyclic) bond motifs is 1. The maximum atomic E-state index is 13.3. The number of benzene rings is 2. The molecular formula is C18H10F3O5-. The predicted molar refractivity (Wildman–Crippen MR) is 82.6 cm³/mol. The van der Waals surface area contributed by atoms with Gasteiger partial charge in [0.05, 0.1) is 17.1 Å². The third-order valence-corrected chi connectivity index (χ3v) is 3.62. The second-order valence-electron chi connectivity index (χ2n) is 5.36. The van der Waals surface area contributed by atoms with Crippen LogP contribution in [0.25, 0.3) is 11.0 Å². The van der Waals surface area contributed by atoms with Crippen molar-refractivity contribution >= 4 is 16.9 Å². The minimum Gasteiger partial charge on any atom is -0.545 e. The normalized spacial score (nSPS) is 11.5. The van der Waals surface area contributed by atoms with Crippen molar-refractivity contribution in [2.45, 2.75) is 12.8 Å². The monoisotopic (exact) mass is 363 g/mol. The molecule has 0 amide bonds. The fourth-order valence-corrected chi connectivity index (χ4v) is 2.49. The summed E-state index contributed by atoms with van der Waals surface area (Å²) in [6.45, 7) is 0.153. The van der Waals surface area contributed by atoms with Gasteiger partial charge < -0.3 is 19.1 Å². The lowest BCUT2D eigenvalue weighted by Crippen LogP contribution is -2.32. The van der Waals surface area contributed by atoms with Gasteiger partial charge in [-0.2, -0.15) is 13.2 Å². The lowest BCUT2D eigenvalue weighted by molar-refractivity contribution is -0.256. The van der Waals surface area contributed by atoms with Crippen LogP contribution in [0, 0.1) is 0 Å². The zero-order chi connectivity index (χ0) is 18.9. The number of hydrogen-bond donors (Lipinski definition) is 0. The van der Waals surface area contributed by atoms with Crippen molar-refractivity contribution < 1.29 is 32.2 Å². The molecule has 1 aromatic heterocycles. The van der Waals surface area contributed by atoms with Crippen LogP contribution >= 0.6 is 0 Å². The molecule has 0 unspecified atom stereocenters. The van der Waals surface area contributed by atoms with Gasteiger partial charge in [0.2, 0.25) is 0 Å². The molecule has 2 aromatic carbocycles. The van der Waals surface area contributed by atoms with E-state index in [0.717, 1.165) is 17.7 Å². The van der Waals surface area contributed by atoms with Crippen molar-refractivity contribution in [3.8, 4) is 5.75 Å². The van der Waals surface area contributed by atoms with E-state index in [9.17, 15) is 27.9 Å². The van der Waals surface area contributed by atoms with Gasteiger partial charge in [0.1, 0.15) is 17.9 Å². The molecule has 0 atom stereocenters. The molecule has 3 rings (SSSR count). The Kier molecular flexibility index (Phi) is 4.41. The Bertz CT molecular complexity index is 1020. The number of alkyl halides is 3. The maximum absolute atomic E-state index is 13.3. The van der Waals surface area contributed by atoms with Crippen LogP contribution in [0.3, 0.4) is 0 Å². The highest BCUT2D eigenvalue weighted by Gasteiger charge is 2.38. The molecule has 0 saturated heterocycles. The molecule has 8 heteroatoms. The van der Waals surface area contributed by atoms with Crippen molar-refractivity contribution in [3.63, 3.8) is 0 Å². The van der Waals surface area contributed by atoms with Gasteiger partial charge in [-0.05, 0) is 17.7 Å². The van der Waals surface area contributed by atoms with Gasteiger partial charge in [-0.15, -0.1) is 0 Å². The van der Waals surface area contributed by atoms with Gasteiger partial charge in [-0.25, -0.2) is 4.79 Å². The highest BCUT2D eigenvalue weighted by Crippen LogP contribution is 2.37. The van der Waals surface area contributed by atoms with Crippen LogP contribution in [0.2, 0.25) is 0 Å². The van der Waals surface area contributed by atoms with E-state index in [1.807, 2.05) is 6.07 Å². The number of carboxylic acid groups (broad SMARTS) is 1. The lowest BCUT2D eigenvalue weighted by Gasteiger charge is -2.15. The van der Waals surface area contributed by atoms with Crippen LogP contribution in [-0.4, -0.2) is 5.97 Å². The van der Waals surface area contributed by atoms with Gasteiger partial charge >= 0.3 is 11.8 Å². The topological polar surface area (TPSA) is 79.6 Å². The van der Waals surface area contributed by atoms with Gasteiger partial charge in [0.25, 0.3) is 0 Å². The Morgan fingerprint density at radius 3 is 2.42 bits per heavy atom. The third-order valence-electron chi connectivity index (χ3n) is 3.62. The van der Waals surface area contributed by atoms with Gasteiger partial charge in [0, 0.05) is 11.5 Å². The summed E-state index contributed by atoms with van der Waals surface area (Å²) in [4.78, 5) is 22.7. The average Bonchev–Trinajstić information content (AvgIpc) is 2.58. The summed E-state index contributed by atoms with van der Waals surface area (Å²) in [6, 6.07) is 12.4. The third kappa shape index (κ3) is 3.39. The largest absolute Gasteiger partial charge is 0.545 e. The average molecular weight is 363 g/mol. The molecule has 134 valence electrons. The smallest absolute Gasteiger partial charge is 0.418 e. The summed E-state index contributed by atoms with van der Waals surface area (Å²) in [7, 11) is 0. The number of hydrogen-bond acceptors (Lipinski definition) is 5. The zero-order valence-electron chi connectivity index (χ0n) is 13.0. The van der Waals surface area contributed by atoms with Crippen molar-refractivity contribution in [2.75, 3.05) is 0 Å². The van der Waals surface area contributed by atoms with Gasteiger partial charge in [-0.3, -0.25) is 0 Å². The molecule has 26 heavy (non-hydrogen) atoms. The molecule has 3 aromatic rings. The van der Waals surface area contributed by atoms with E-state index in [4.69, 9.17) is 9.15 Å². The fraction of sp³-hybridized carbons (Fsp3) is 0.111. The Balaban J connectivity index is 2.07. The Morgan fingerprint density at radius 2 is 1.81 bits per heavy atom. The second kappa shape index (κ2) is 6.55. The molecule has 0 radical (unpaired) electrons. The van der Waals surface area contributed by atoms with E-state index in [0.29, 0.717) is 0 Å². The molecular weight excluding hydrogens is 353 g/mol. The van der Waals surface area contributed by atoms with E-state index >= 15 is 0 Å². The lowest BCUT2D eigenvalue weighted by atomic mass is 10.0. The molecule has 5 nitrogen and oxygen atoms in total. The first-order valence-corrected chi connectivity index (χ1v) is 7.33. The van der Waals surface area contributed by atoms with E-state index in [1.165, 1.54) is 6.07 Å². The summed E-state index contributed by atoms with van der Waals surface area (Å²) >= 11 is 0. The Labute approximate surface area is 144 Å². The van der Waals surface area contributed by atoms with Gasteiger partial charge in [-0.1, -0.05) is 30.3 Å². The van der Waals surface area contributed by atoms with Crippen molar-refractivity contribution in [3.05, 3.63) is 75.6 Å². The molecule has 0 aliphatic carbocycles. The number of aromatic carboxylic acids is 1. The Hall–Kier alpha value is -3.29. The SMILES string of the molecule is O=C([O-])c1c(C(F)(F)F)c2ccc(OCc3ccccc3)cc2oc1=O. The first kappa shape index (κ1) is 17.5. The summed E-state index contributed by atoms with van der Waals surface area (Å²) in [5.74, 6) is -2.09. The van der Waals surface area contributed by atoms with Crippen molar-refractivity contribution in [2.24, 2.45) is 0 Å². The molecule has 0 spiro atoms. The first-order chi connectivity index (χ1) is 12.3.